The Kier molecular flexibility index (Phi) is 3.15. The van der Waals surface area contributed by atoms with Crippen molar-refractivity contribution in [1.82, 2.24) is 10.3 Å². The zero-order chi connectivity index (χ0) is 12.4. The summed E-state index contributed by atoms with van der Waals surface area (Å²) in [6.07, 6.45) is 7.29. The number of aryl methyl sites for hydroxylation is 2. The van der Waals surface area contributed by atoms with E-state index in [1.165, 1.54) is 35.9 Å². The number of carbonyl (C=O) groups is 1. The Morgan fingerprint density at radius 3 is 3.22 bits per heavy atom. The summed E-state index contributed by atoms with van der Waals surface area (Å²) in [5, 5.41) is 4.00. The lowest BCUT2D eigenvalue weighted by Crippen LogP contribution is -2.25. The molecular weight excluding hydrogens is 248 g/mol. The Morgan fingerprint density at radius 2 is 2.44 bits per heavy atom. The lowest BCUT2D eigenvalue weighted by molar-refractivity contribution is 0.0953. The molecule has 0 saturated heterocycles. The second-order valence-corrected chi connectivity index (χ2v) is 5.52. The highest BCUT2D eigenvalue weighted by molar-refractivity contribution is 7.11. The molecule has 0 fully saturated rings. The maximum atomic E-state index is 11.6. The number of rotatable bonds is 4. The zero-order valence-corrected chi connectivity index (χ0v) is 10.8. The number of furan rings is 1. The molecule has 1 amide bonds. The fourth-order valence-electron chi connectivity index (χ4n) is 2.13. The highest BCUT2D eigenvalue weighted by Crippen LogP contribution is 2.27. The van der Waals surface area contributed by atoms with Gasteiger partial charge in [0.15, 0.2) is 0 Å². The maximum Gasteiger partial charge on any atom is 0.254 e. The predicted molar refractivity (Wildman–Crippen MR) is 68.9 cm³/mol. The smallest absolute Gasteiger partial charge is 0.254 e. The van der Waals surface area contributed by atoms with E-state index in [4.69, 9.17) is 4.42 Å². The summed E-state index contributed by atoms with van der Waals surface area (Å²) in [6, 6.07) is 1.66. The predicted octanol–water partition coefficient (Wildman–Crippen LogP) is 2.20. The SMILES string of the molecule is O=C(NCCc1nc2c(s1)CCC2)c1ccoc1. The van der Waals surface area contributed by atoms with E-state index in [0.29, 0.717) is 12.1 Å². The Hall–Kier alpha value is -1.62. The highest BCUT2D eigenvalue weighted by atomic mass is 32.1. The van der Waals surface area contributed by atoms with Crippen LogP contribution in [0.3, 0.4) is 0 Å². The summed E-state index contributed by atoms with van der Waals surface area (Å²) in [6.45, 7) is 0.621. The van der Waals surface area contributed by atoms with Crippen molar-refractivity contribution in [3.05, 3.63) is 39.7 Å². The quantitative estimate of drug-likeness (QED) is 0.919. The van der Waals surface area contributed by atoms with Gasteiger partial charge >= 0.3 is 0 Å². The minimum atomic E-state index is -0.0900. The van der Waals surface area contributed by atoms with Gasteiger partial charge in [-0.25, -0.2) is 4.98 Å². The van der Waals surface area contributed by atoms with Gasteiger partial charge in [-0.1, -0.05) is 0 Å². The number of fused-ring (bicyclic) bond motifs is 1. The number of carbonyl (C=O) groups excluding carboxylic acids is 1. The van der Waals surface area contributed by atoms with Gasteiger partial charge in [0.1, 0.15) is 6.26 Å². The van der Waals surface area contributed by atoms with E-state index in [1.807, 2.05) is 0 Å². The molecule has 0 saturated carbocycles. The summed E-state index contributed by atoms with van der Waals surface area (Å²) in [4.78, 5) is 17.7. The Labute approximate surface area is 109 Å². The van der Waals surface area contributed by atoms with Gasteiger partial charge in [-0.05, 0) is 25.3 Å². The number of amides is 1. The van der Waals surface area contributed by atoms with E-state index < -0.39 is 0 Å². The van der Waals surface area contributed by atoms with Gasteiger partial charge < -0.3 is 9.73 Å². The van der Waals surface area contributed by atoms with E-state index >= 15 is 0 Å². The molecule has 0 radical (unpaired) electrons. The Bertz CT molecular complexity index is 524. The number of nitrogens with zero attached hydrogens (tertiary/aromatic N) is 1. The van der Waals surface area contributed by atoms with Crippen molar-refractivity contribution in [3.8, 4) is 0 Å². The van der Waals surface area contributed by atoms with E-state index in [9.17, 15) is 4.79 Å². The molecule has 0 bridgehead atoms. The van der Waals surface area contributed by atoms with Crippen LogP contribution in [0.25, 0.3) is 0 Å². The lowest BCUT2D eigenvalue weighted by atomic mass is 10.3. The van der Waals surface area contributed by atoms with Crippen LogP contribution in [0, 0.1) is 0 Å². The van der Waals surface area contributed by atoms with Crippen LogP contribution in [0.5, 0.6) is 0 Å². The number of nitrogens with one attached hydrogen (secondary N) is 1. The van der Waals surface area contributed by atoms with Gasteiger partial charge in [0, 0.05) is 17.8 Å². The van der Waals surface area contributed by atoms with E-state index in [2.05, 4.69) is 10.3 Å². The van der Waals surface area contributed by atoms with Crippen LogP contribution in [-0.4, -0.2) is 17.4 Å². The molecule has 5 heteroatoms. The summed E-state index contributed by atoms with van der Waals surface area (Å²) < 4.78 is 4.87. The first-order valence-corrected chi connectivity index (χ1v) is 6.92. The number of hydrogen-bond donors (Lipinski definition) is 1. The molecule has 94 valence electrons. The molecule has 1 N–H and O–H groups in total. The van der Waals surface area contributed by atoms with Crippen LogP contribution in [0.4, 0.5) is 0 Å². The monoisotopic (exact) mass is 262 g/mol. The van der Waals surface area contributed by atoms with Gasteiger partial charge in [-0.2, -0.15) is 0 Å². The van der Waals surface area contributed by atoms with Crippen molar-refractivity contribution in [2.75, 3.05) is 6.54 Å². The van der Waals surface area contributed by atoms with Crippen molar-refractivity contribution in [1.29, 1.82) is 0 Å². The van der Waals surface area contributed by atoms with Crippen LogP contribution in [0.2, 0.25) is 0 Å². The zero-order valence-electron chi connectivity index (χ0n) is 9.94. The topological polar surface area (TPSA) is 55.1 Å². The Balaban J connectivity index is 1.51. The van der Waals surface area contributed by atoms with Crippen molar-refractivity contribution in [2.45, 2.75) is 25.7 Å². The van der Waals surface area contributed by atoms with Crippen molar-refractivity contribution >= 4 is 17.2 Å². The number of thiazole rings is 1. The van der Waals surface area contributed by atoms with E-state index in [-0.39, 0.29) is 5.91 Å². The fourth-order valence-corrected chi connectivity index (χ4v) is 3.29. The standard InChI is InChI=1S/C13H14N2O2S/c16-13(9-5-7-17-8-9)14-6-4-12-15-10-2-1-3-11(10)18-12/h5,7-8H,1-4,6H2,(H,14,16). The molecule has 2 heterocycles. The minimum Gasteiger partial charge on any atom is -0.472 e. The summed E-state index contributed by atoms with van der Waals surface area (Å²) >= 11 is 1.79. The van der Waals surface area contributed by atoms with Crippen molar-refractivity contribution in [3.63, 3.8) is 0 Å². The second-order valence-electron chi connectivity index (χ2n) is 4.35. The van der Waals surface area contributed by atoms with Gasteiger partial charge in [0.25, 0.3) is 5.91 Å². The number of aromatic nitrogens is 1. The molecule has 2 aromatic heterocycles. The molecule has 0 atom stereocenters. The first kappa shape index (κ1) is 11.5. The van der Waals surface area contributed by atoms with E-state index in [0.717, 1.165) is 17.8 Å². The van der Waals surface area contributed by atoms with Crippen molar-refractivity contribution < 1.29 is 9.21 Å². The van der Waals surface area contributed by atoms with Crippen molar-refractivity contribution in [2.24, 2.45) is 0 Å². The van der Waals surface area contributed by atoms with Crippen LogP contribution < -0.4 is 5.32 Å². The molecule has 0 aliphatic heterocycles. The maximum absolute atomic E-state index is 11.6. The molecule has 0 aromatic carbocycles. The summed E-state index contributed by atoms with van der Waals surface area (Å²) in [5.74, 6) is -0.0900. The van der Waals surface area contributed by atoms with Crippen LogP contribution in [0.15, 0.2) is 23.0 Å². The molecule has 3 rings (SSSR count). The number of hydrogen-bond acceptors (Lipinski definition) is 4. The third-order valence-electron chi connectivity index (χ3n) is 3.05. The molecular formula is C13H14N2O2S. The molecule has 1 aliphatic rings. The Morgan fingerprint density at radius 1 is 1.50 bits per heavy atom. The second kappa shape index (κ2) is 4.94. The van der Waals surface area contributed by atoms with Crippen LogP contribution in [-0.2, 0) is 19.3 Å². The molecule has 0 unspecified atom stereocenters. The molecule has 2 aromatic rings. The van der Waals surface area contributed by atoms with Crippen LogP contribution >= 0.6 is 11.3 Å². The lowest BCUT2D eigenvalue weighted by Gasteiger charge is -2.01. The minimum absolute atomic E-state index is 0.0900. The third-order valence-corrected chi connectivity index (χ3v) is 4.26. The van der Waals surface area contributed by atoms with Gasteiger partial charge in [-0.15, -0.1) is 11.3 Å². The molecule has 4 nitrogen and oxygen atoms in total. The van der Waals surface area contributed by atoms with E-state index in [1.54, 1.807) is 17.4 Å². The molecule has 1 aliphatic carbocycles. The highest BCUT2D eigenvalue weighted by Gasteiger charge is 2.16. The first-order valence-electron chi connectivity index (χ1n) is 6.11. The fraction of sp³-hybridized carbons (Fsp3) is 0.385. The largest absolute Gasteiger partial charge is 0.472 e. The summed E-state index contributed by atoms with van der Waals surface area (Å²) in [5.41, 5.74) is 1.84. The average molecular weight is 262 g/mol. The van der Waals surface area contributed by atoms with Gasteiger partial charge in [-0.3, -0.25) is 4.79 Å². The normalized spacial score (nSPS) is 13.6. The van der Waals surface area contributed by atoms with Crippen LogP contribution in [0.1, 0.15) is 32.4 Å². The van der Waals surface area contributed by atoms with Gasteiger partial charge in [0.2, 0.25) is 0 Å². The molecule has 18 heavy (non-hydrogen) atoms. The third kappa shape index (κ3) is 2.31. The average Bonchev–Trinajstić information content (AvgIpc) is 3.05. The molecule has 0 spiro atoms. The van der Waals surface area contributed by atoms with Gasteiger partial charge in [0.05, 0.1) is 22.5 Å². The first-order chi connectivity index (χ1) is 8.83. The summed E-state index contributed by atoms with van der Waals surface area (Å²) in [7, 11) is 0.